The second kappa shape index (κ2) is 5.38. The lowest BCUT2D eigenvalue weighted by Gasteiger charge is -2.13. The lowest BCUT2D eigenvalue weighted by Crippen LogP contribution is -2.14. The predicted octanol–water partition coefficient (Wildman–Crippen LogP) is 0.624. The fourth-order valence-corrected chi connectivity index (χ4v) is 1.74. The highest BCUT2D eigenvalue weighted by Crippen LogP contribution is 2.26. The third-order valence-corrected chi connectivity index (χ3v) is 2.82. The van der Waals surface area contributed by atoms with E-state index in [0.29, 0.717) is 16.8 Å². The number of carbonyl (C=O) groups excluding carboxylic acids is 1. The maximum atomic E-state index is 11.6. The number of hydrogen-bond acceptors (Lipinski definition) is 5. The van der Waals surface area contributed by atoms with Gasteiger partial charge in [0.05, 0.1) is 17.6 Å². The highest BCUT2D eigenvalue weighted by Gasteiger charge is 2.19. The lowest BCUT2D eigenvalue weighted by molar-refractivity contribution is 0.101. The fraction of sp³-hybridized carbons (Fsp3) is 0.400. The van der Waals surface area contributed by atoms with Gasteiger partial charge in [0.1, 0.15) is 11.4 Å². The van der Waals surface area contributed by atoms with Crippen molar-refractivity contribution in [2.75, 3.05) is 5.33 Å². The van der Waals surface area contributed by atoms with Gasteiger partial charge >= 0.3 is 0 Å². The lowest BCUT2D eigenvalue weighted by atomic mass is 10.0. The van der Waals surface area contributed by atoms with Gasteiger partial charge in [-0.15, -0.1) is 0 Å². The minimum Gasteiger partial charge on any atom is -0.506 e. The molecule has 0 fully saturated rings. The Balaban J connectivity index is 3.49. The number of nitrogens with two attached hydrogens (primary N) is 1. The largest absolute Gasteiger partial charge is 0.506 e. The molecule has 0 saturated heterocycles. The zero-order valence-electron chi connectivity index (χ0n) is 8.83. The van der Waals surface area contributed by atoms with Gasteiger partial charge < -0.3 is 15.9 Å². The average molecular weight is 289 g/mol. The van der Waals surface area contributed by atoms with Gasteiger partial charge in [-0.3, -0.25) is 4.79 Å². The molecule has 0 bridgehead atoms. The number of Topliss-reactive ketones (excluding diaryl/α,β-unsaturated/α-hetero) is 1. The van der Waals surface area contributed by atoms with Crippen LogP contribution in [0.2, 0.25) is 0 Å². The SMILES string of the molecule is Cc1nc(C(=O)CBr)c(CO)c(CN)c1O. The standard InChI is InChI=1S/C10H13BrN2O3/c1-5-10(16)6(3-12)7(4-14)9(13-5)8(15)2-11/h14,16H,2-4,12H2,1H3. The molecule has 6 heteroatoms. The summed E-state index contributed by atoms with van der Waals surface area (Å²) in [6, 6.07) is 0. The van der Waals surface area contributed by atoms with Gasteiger partial charge in [0.25, 0.3) is 0 Å². The van der Waals surface area contributed by atoms with Crippen LogP contribution in [0, 0.1) is 6.92 Å². The summed E-state index contributed by atoms with van der Waals surface area (Å²) in [5.74, 6) is -0.306. The molecule has 0 spiro atoms. The molecule has 0 atom stereocenters. The molecular formula is C10H13BrN2O3. The van der Waals surface area contributed by atoms with Crippen molar-refractivity contribution >= 4 is 21.7 Å². The molecule has 1 aromatic rings. The van der Waals surface area contributed by atoms with Crippen LogP contribution >= 0.6 is 15.9 Å². The number of alkyl halides is 1. The summed E-state index contributed by atoms with van der Waals surface area (Å²) >= 11 is 3.04. The third kappa shape index (κ3) is 2.23. The van der Waals surface area contributed by atoms with Gasteiger partial charge in [-0.25, -0.2) is 4.98 Å². The average Bonchev–Trinajstić information content (AvgIpc) is 2.30. The van der Waals surface area contributed by atoms with Crippen molar-refractivity contribution in [2.45, 2.75) is 20.1 Å². The summed E-state index contributed by atoms with van der Waals surface area (Å²) in [5, 5.41) is 19.0. The first kappa shape index (κ1) is 13.1. The number of hydrogen-bond donors (Lipinski definition) is 3. The Bertz CT molecular complexity index is 421. The van der Waals surface area contributed by atoms with Crippen molar-refractivity contribution in [3.63, 3.8) is 0 Å². The number of aliphatic hydroxyl groups excluding tert-OH is 1. The minimum atomic E-state index is -0.374. The van der Waals surface area contributed by atoms with Crippen molar-refractivity contribution < 1.29 is 15.0 Å². The minimum absolute atomic E-state index is 0.0493. The monoisotopic (exact) mass is 288 g/mol. The van der Waals surface area contributed by atoms with Crippen LogP contribution in [0.25, 0.3) is 0 Å². The first-order valence-electron chi connectivity index (χ1n) is 4.68. The van der Waals surface area contributed by atoms with Gasteiger partial charge in [0, 0.05) is 17.7 Å². The molecule has 0 radical (unpaired) electrons. The third-order valence-electron chi connectivity index (χ3n) is 2.31. The Labute approximate surface area is 101 Å². The van der Waals surface area contributed by atoms with Gasteiger partial charge in [0.15, 0.2) is 5.78 Å². The van der Waals surface area contributed by atoms with E-state index < -0.39 is 0 Å². The smallest absolute Gasteiger partial charge is 0.192 e. The Kier molecular flexibility index (Phi) is 4.40. The molecular weight excluding hydrogens is 276 g/mol. The van der Waals surface area contributed by atoms with Gasteiger partial charge in [0.2, 0.25) is 0 Å². The van der Waals surface area contributed by atoms with Crippen LogP contribution in [-0.2, 0) is 13.2 Å². The van der Waals surface area contributed by atoms with E-state index in [-0.39, 0.29) is 35.7 Å². The van der Waals surface area contributed by atoms with E-state index in [4.69, 9.17) is 5.73 Å². The number of ketones is 1. The topological polar surface area (TPSA) is 96.4 Å². The Morgan fingerprint density at radius 2 is 2.12 bits per heavy atom. The summed E-state index contributed by atoms with van der Waals surface area (Å²) in [7, 11) is 0. The Morgan fingerprint density at radius 3 is 2.56 bits per heavy atom. The first-order valence-corrected chi connectivity index (χ1v) is 5.80. The summed E-state index contributed by atoms with van der Waals surface area (Å²) < 4.78 is 0. The molecule has 0 aromatic carbocycles. The van der Waals surface area contributed by atoms with Crippen LogP contribution in [0.1, 0.15) is 27.3 Å². The number of aromatic nitrogens is 1. The molecule has 5 nitrogen and oxygen atoms in total. The summed E-state index contributed by atoms with van der Waals surface area (Å²) in [4.78, 5) is 15.6. The number of rotatable bonds is 4. The molecule has 1 heterocycles. The zero-order valence-corrected chi connectivity index (χ0v) is 10.4. The van der Waals surface area contributed by atoms with E-state index in [2.05, 4.69) is 20.9 Å². The molecule has 0 amide bonds. The second-order valence-electron chi connectivity index (χ2n) is 3.27. The zero-order chi connectivity index (χ0) is 12.3. The number of carbonyl (C=O) groups is 1. The molecule has 1 rings (SSSR count). The Hall–Kier alpha value is -0.980. The van der Waals surface area contributed by atoms with Crippen LogP contribution in [0.5, 0.6) is 5.75 Å². The number of halogens is 1. The number of nitrogens with zero attached hydrogens (tertiary/aromatic N) is 1. The quantitative estimate of drug-likeness (QED) is 0.558. The van der Waals surface area contributed by atoms with Crippen molar-refractivity contribution in [2.24, 2.45) is 5.73 Å². The summed E-state index contributed by atoms with van der Waals surface area (Å²) in [6.45, 7) is 1.26. The maximum Gasteiger partial charge on any atom is 0.192 e. The second-order valence-corrected chi connectivity index (χ2v) is 3.83. The molecule has 4 N–H and O–H groups in total. The molecule has 0 unspecified atom stereocenters. The van der Waals surface area contributed by atoms with Gasteiger partial charge in [-0.05, 0) is 6.92 Å². The molecule has 88 valence electrons. The summed E-state index contributed by atoms with van der Waals surface area (Å²) in [6.07, 6.45) is 0. The highest BCUT2D eigenvalue weighted by atomic mass is 79.9. The number of pyridine rings is 1. The number of aromatic hydroxyl groups is 1. The van der Waals surface area contributed by atoms with Crippen molar-refractivity contribution in [3.05, 3.63) is 22.5 Å². The molecule has 1 aromatic heterocycles. The van der Waals surface area contributed by atoms with Gasteiger partial charge in [-0.1, -0.05) is 15.9 Å². The normalized spacial score (nSPS) is 10.5. The molecule has 0 saturated carbocycles. The van der Waals surface area contributed by atoms with Crippen LogP contribution in [0.15, 0.2) is 0 Å². The first-order chi connectivity index (χ1) is 7.56. The number of aryl methyl sites for hydroxylation is 1. The van der Waals surface area contributed by atoms with E-state index in [1.807, 2.05) is 0 Å². The highest BCUT2D eigenvalue weighted by molar-refractivity contribution is 9.09. The molecule has 0 aliphatic rings. The Morgan fingerprint density at radius 1 is 1.50 bits per heavy atom. The maximum absolute atomic E-state index is 11.6. The van der Waals surface area contributed by atoms with Crippen molar-refractivity contribution in [1.29, 1.82) is 0 Å². The fourth-order valence-electron chi connectivity index (χ4n) is 1.48. The van der Waals surface area contributed by atoms with Crippen molar-refractivity contribution in [1.82, 2.24) is 4.98 Å². The molecule has 0 aliphatic heterocycles. The van der Waals surface area contributed by atoms with E-state index in [1.54, 1.807) is 6.92 Å². The van der Waals surface area contributed by atoms with Crippen LogP contribution < -0.4 is 5.73 Å². The van der Waals surface area contributed by atoms with Crippen molar-refractivity contribution in [3.8, 4) is 5.75 Å². The van der Waals surface area contributed by atoms with E-state index >= 15 is 0 Å². The number of aliphatic hydroxyl groups is 1. The van der Waals surface area contributed by atoms with E-state index in [1.165, 1.54) is 0 Å². The van der Waals surface area contributed by atoms with E-state index in [9.17, 15) is 15.0 Å². The van der Waals surface area contributed by atoms with Crippen LogP contribution in [-0.4, -0.2) is 26.3 Å². The molecule has 0 aliphatic carbocycles. The van der Waals surface area contributed by atoms with Crippen LogP contribution in [0.4, 0.5) is 0 Å². The van der Waals surface area contributed by atoms with Gasteiger partial charge in [-0.2, -0.15) is 0 Å². The van der Waals surface area contributed by atoms with E-state index in [0.717, 1.165) is 0 Å². The predicted molar refractivity (Wildman–Crippen MR) is 62.6 cm³/mol. The molecule has 16 heavy (non-hydrogen) atoms. The summed E-state index contributed by atoms with van der Waals surface area (Å²) in [5.41, 5.74) is 6.66. The van der Waals surface area contributed by atoms with Crippen LogP contribution in [0.3, 0.4) is 0 Å².